The van der Waals surface area contributed by atoms with Gasteiger partial charge in [0, 0.05) is 11.6 Å². The van der Waals surface area contributed by atoms with Gasteiger partial charge in [0.25, 0.3) is 0 Å². The van der Waals surface area contributed by atoms with E-state index in [1.165, 1.54) is 6.42 Å². The highest BCUT2D eigenvalue weighted by atomic mass is 16.5. The summed E-state index contributed by atoms with van der Waals surface area (Å²) in [5, 5.41) is 8.58. The maximum absolute atomic E-state index is 6.00. The molecule has 1 aromatic heterocycles. The fourth-order valence-electron chi connectivity index (χ4n) is 3.19. The van der Waals surface area contributed by atoms with E-state index in [0.29, 0.717) is 24.5 Å². The van der Waals surface area contributed by atoms with E-state index in [-0.39, 0.29) is 0 Å². The second-order valence-electron chi connectivity index (χ2n) is 6.33. The Bertz CT molecular complexity index is 668. The summed E-state index contributed by atoms with van der Waals surface area (Å²) in [7, 11) is 2.16. The SMILES string of the molecule is CCOc1cc(-c2nnc([C@H]3CCCN(C)[C@H]3C)o2)ccc1C. The van der Waals surface area contributed by atoms with Crippen LogP contribution < -0.4 is 4.74 Å². The molecule has 0 aliphatic carbocycles. The molecule has 1 saturated heterocycles. The molecular formula is C18H25N3O2. The molecule has 0 saturated carbocycles. The van der Waals surface area contributed by atoms with Crippen molar-refractivity contribution < 1.29 is 9.15 Å². The summed E-state index contributed by atoms with van der Waals surface area (Å²) in [6, 6.07) is 6.44. The van der Waals surface area contributed by atoms with Crippen LogP contribution in [0.2, 0.25) is 0 Å². The third kappa shape index (κ3) is 3.24. The number of rotatable bonds is 4. The van der Waals surface area contributed by atoms with Gasteiger partial charge in [0.05, 0.1) is 12.5 Å². The van der Waals surface area contributed by atoms with E-state index in [4.69, 9.17) is 9.15 Å². The predicted molar refractivity (Wildman–Crippen MR) is 89.7 cm³/mol. The normalized spacial score (nSPS) is 22.3. The molecule has 5 heteroatoms. The van der Waals surface area contributed by atoms with E-state index < -0.39 is 0 Å². The number of ether oxygens (including phenoxy) is 1. The minimum Gasteiger partial charge on any atom is -0.494 e. The van der Waals surface area contributed by atoms with Crippen LogP contribution in [0.5, 0.6) is 5.75 Å². The zero-order chi connectivity index (χ0) is 16.4. The van der Waals surface area contributed by atoms with Crippen molar-refractivity contribution in [2.45, 2.75) is 45.6 Å². The Labute approximate surface area is 137 Å². The molecule has 2 heterocycles. The molecule has 0 unspecified atom stereocenters. The average molecular weight is 315 g/mol. The molecule has 0 bridgehead atoms. The Kier molecular flexibility index (Phi) is 4.66. The summed E-state index contributed by atoms with van der Waals surface area (Å²) in [5.41, 5.74) is 2.02. The van der Waals surface area contributed by atoms with Crippen molar-refractivity contribution in [3.63, 3.8) is 0 Å². The summed E-state index contributed by atoms with van der Waals surface area (Å²) >= 11 is 0. The van der Waals surface area contributed by atoms with Gasteiger partial charge in [-0.3, -0.25) is 0 Å². The van der Waals surface area contributed by atoms with Gasteiger partial charge >= 0.3 is 0 Å². The van der Waals surface area contributed by atoms with Gasteiger partial charge in [0.1, 0.15) is 5.75 Å². The molecule has 1 aliphatic heterocycles. The minimum atomic E-state index is 0.312. The molecular weight excluding hydrogens is 290 g/mol. The molecule has 2 atom stereocenters. The zero-order valence-corrected chi connectivity index (χ0v) is 14.4. The standard InChI is InChI=1S/C18H25N3O2/c1-5-22-16-11-14(9-8-12(16)2)17-19-20-18(23-17)15-7-6-10-21(4)13(15)3/h8-9,11,13,15H,5-7,10H2,1-4H3/t13-,15-/m0/s1. The first-order valence-corrected chi connectivity index (χ1v) is 8.37. The van der Waals surface area contributed by atoms with Gasteiger partial charge in [0.2, 0.25) is 11.8 Å². The van der Waals surface area contributed by atoms with E-state index in [9.17, 15) is 0 Å². The van der Waals surface area contributed by atoms with Crippen LogP contribution in [-0.4, -0.2) is 41.3 Å². The van der Waals surface area contributed by atoms with E-state index in [0.717, 1.165) is 35.7 Å². The van der Waals surface area contributed by atoms with Crippen LogP contribution in [0.3, 0.4) is 0 Å². The zero-order valence-electron chi connectivity index (χ0n) is 14.4. The molecule has 5 nitrogen and oxygen atoms in total. The van der Waals surface area contributed by atoms with Gasteiger partial charge in [-0.1, -0.05) is 6.07 Å². The number of likely N-dealkylation sites (N-methyl/N-ethyl adjacent to an activating group) is 1. The van der Waals surface area contributed by atoms with Crippen LogP contribution in [0, 0.1) is 6.92 Å². The molecule has 1 fully saturated rings. The molecule has 0 amide bonds. The fraction of sp³-hybridized carbons (Fsp3) is 0.556. The first-order valence-electron chi connectivity index (χ1n) is 8.37. The first-order chi connectivity index (χ1) is 11.1. The van der Waals surface area contributed by atoms with Crippen molar-refractivity contribution >= 4 is 0 Å². The number of aromatic nitrogens is 2. The van der Waals surface area contributed by atoms with E-state index in [2.05, 4.69) is 29.1 Å². The molecule has 1 aromatic carbocycles. The number of nitrogens with zero attached hydrogens (tertiary/aromatic N) is 3. The van der Waals surface area contributed by atoms with Crippen molar-refractivity contribution in [3.8, 4) is 17.2 Å². The molecule has 0 radical (unpaired) electrons. The van der Waals surface area contributed by atoms with E-state index in [1.54, 1.807) is 0 Å². The molecule has 23 heavy (non-hydrogen) atoms. The smallest absolute Gasteiger partial charge is 0.247 e. The highest BCUT2D eigenvalue weighted by Gasteiger charge is 2.31. The van der Waals surface area contributed by atoms with Gasteiger partial charge < -0.3 is 14.1 Å². The number of hydrogen-bond donors (Lipinski definition) is 0. The predicted octanol–water partition coefficient (Wildman–Crippen LogP) is 3.64. The van der Waals surface area contributed by atoms with Crippen LogP contribution in [-0.2, 0) is 0 Å². The van der Waals surface area contributed by atoms with Gasteiger partial charge in [-0.2, -0.15) is 0 Å². The molecule has 2 aromatic rings. The Balaban J connectivity index is 1.85. The lowest BCUT2D eigenvalue weighted by atomic mass is 9.90. The van der Waals surface area contributed by atoms with Crippen LogP contribution in [0.4, 0.5) is 0 Å². The lowest BCUT2D eigenvalue weighted by Crippen LogP contribution is -2.39. The third-order valence-electron chi connectivity index (χ3n) is 4.80. The quantitative estimate of drug-likeness (QED) is 0.862. The summed E-state index contributed by atoms with van der Waals surface area (Å²) < 4.78 is 11.7. The van der Waals surface area contributed by atoms with Crippen LogP contribution in [0.15, 0.2) is 22.6 Å². The highest BCUT2D eigenvalue weighted by Crippen LogP contribution is 2.33. The highest BCUT2D eigenvalue weighted by molar-refractivity contribution is 5.57. The second-order valence-corrected chi connectivity index (χ2v) is 6.33. The Hall–Kier alpha value is -1.88. The van der Waals surface area contributed by atoms with Crippen molar-refractivity contribution in [2.24, 2.45) is 0 Å². The lowest BCUT2D eigenvalue weighted by molar-refractivity contribution is 0.158. The van der Waals surface area contributed by atoms with Crippen molar-refractivity contribution in [2.75, 3.05) is 20.2 Å². The molecule has 1 aliphatic rings. The Morgan fingerprint density at radius 2 is 2.17 bits per heavy atom. The third-order valence-corrected chi connectivity index (χ3v) is 4.80. The maximum atomic E-state index is 6.00. The molecule has 124 valence electrons. The Morgan fingerprint density at radius 3 is 2.96 bits per heavy atom. The van der Waals surface area contributed by atoms with Crippen molar-refractivity contribution in [1.29, 1.82) is 0 Å². The number of likely N-dealkylation sites (tertiary alicyclic amines) is 1. The summed E-state index contributed by atoms with van der Waals surface area (Å²) in [4.78, 5) is 2.36. The Morgan fingerprint density at radius 1 is 1.35 bits per heavy atom. The van der Waals surface area contributed by atoms with Gasteiger partial charge in [-0.25, -0.2) is 0 Å². The number of benzene rings is 1. The van der Waals surface area contributed by atoms with Gasteiger partial charge in [-0.05, 0) is 64.9 Å². The second kappa shape index (κ2) is 6.71. The molecule has 0 N–H and O–H groups in total. The average Bonchev–Trinajstić information content (AvgIpc) is 3.02. The molecule has 0 spiro atoms. The van der Waals surface area contributed by atoms with Crippen LogP contribution in [0.1, 0.15) is 44.1 Å². The first kappa shape index (κ1) is 16.0. The topological polar surface area (TPSA) is 51.4 Å². The minimum absolute atomic E-state index is 0.312. The van der Waals surface area contributed by atoms with Crippen molar-refractivity contribution in [3.05, 3.63) is 29.7 Å². The lowest BCUT2D eigenvalue weighted by Gasteiger charge is -2.34. The van der Waals surface area contributed by atoms with Gasteiger partial charge in [0.15, 0.2) is 0 Å². The van der Waals surface area contributed by atoms with Crippen LogP contribution in [0.25, 0.3) is 11.5 Å². The summed E-state index contributed by atoms with van der Waals surface area (Å²) in [6.07, 6.45) is 2.27. The maximum Gasteiger partial charge on any atom is 0.247 e. The monoisotopic (exact) mass is 315 g/mol. The summed E-state index contributed by atoms with van der Waals surface area (Å²) in [5.74, 6) is 2.50. The van der Waals surface area contributed by atoms with E-state index >= 15 is 0 Å². The van der Waals surface area contributed by atoms with E-state index in [1.807, 2.05) is 32.0 Å². The number of hydrogen-bond acceptors (Lipinski definition) is 5. The number of piperidine rings is 1. The summed E-state index contributed by atoms with van der Waals surface area (Å²) in [6.45, 7) is 8.03. The largest absolute Gasteiger partial charge is 0.494 e. The number of aryl methyl sites for hydroxylation is 1. The fourth-order valence-corrected chi connectivity index (χ4v) is 3.19. The molecule has 3 rings (SSSR count). The van der Waals surface area contributed by atoms with Gasteiger partial charge in [-0.15, -0.1) is 10.2 Å². The van der Waals surface area contributed by atoms with Crippen molar-refractivity contribution in [1.82, 2.24) is 15.1 Å². The van der Waals surface area contributed by atoms with Crippen LogP contribution >= 0.6 is 0 Å².